The number of sulfonamides is 1. The quantitative estimate of drug-likeness (QED) is 0.525. The molecule has 1 heterocycles. The number of aliphatic imine (C=N–C) groups is 1. The van der Waals surface area contributed by atoms with Gasteiger partial charge in [0.15, 0.2) is 5.96 Å². The van der Waals surface area contributed by atoms with Crippen molar-refractivity contribution in [2.45, 2.75) is 59.0 Å². The van der Waals surface area contributed by atoms with Gasteiger partial charge in [0, 0.05) is 25.7 Å². The van der Waals surface area contributed by atoms with Gasteiger partial charge >= 0.3 is 0 Å². The van der Waals surface area contributed by atoms with Crippen molar-refractivity contribution in [1.29, 1.82) is 0 Å². The molecule has 1 aromatic carbocycles. The van der Waals surface area contributed by atoms with E-state index in [9.17, 15) is 8.42 Å². The van der Waals surface area contributed by atoms with Gasteiger partial charge in [-0.3, -0.25) is 0 Å². The number of aryl methyl sites for hydroxylation is 1. The molecule has 152 valence electrons. The highest BCUT2D eigenvalue weighted by Gasteiger charge is 2.27. The minimum atomic E-state index is -3.09. The molecule has 1 saturated heterocycles. The lowest BCUT2D eigenvalue weighted by Crippen LogP contribution is -2.50. The van der Waals surface area contributed by atoms with E-state index in [4.69, 9.17) is 4.99 Å². The van der Waals surface area contributed by atoms with Crippen molar-refractivity contribution in [1.82, 2.24) is 14.9 Å². The van der Waals surface area contributed by atoms with Crippen LogP contribution in [0.3, 0.4) is 0 Å². The van der Waals surface area contributed by atoms with E-state index >= 15 is 0 Å². The Morgan fingerprint density at radius 1 is 1.15 bits per heavy atom. The summed E-state index contributed by atoms with van der Waals surface area (Å²) in [6.07, 6.45) is 3.27. The Labute approximate surface area is 164 Å². The monoisotopic (exact) mass is 394 g/mol. The summed E-state index contributed by atoms with van der Waals surface area (Å²) in [4.78, 5) is 4.75. The fraction of sp³-hybridized carbons (Fsp3) is 0.650. The molecule has 27 heavy (non-hydrogen) atoms. The summed E-state index contributed by atoms with van der Waals surface area (Å²) < 4.78 is 26.0. The SMILES string of the molecule is CCCS(=O)(=O)N1CCC(NC(=NCc2ccccc2CC)NCC)CC1. The molecular weight excluding hydrogens is 360 g/mol. The first-order valence-electron chi connectivity index (χ1n) is 10.1. The first kappa shape index (κ1) is 21.7. The highest BCUT2D eigenvalue weighted by Crippen LogP contribution is 2.15. The smallest absolute Gasteiger partial charge is 0.214 e. The van der Waals surface area contributed by atoms with Crippen molar-refractivity contribution in [3.63, 3.8) is 0 Å². The largest absolute Gasteiger partial charge is 0.357 e. The van der Waals surface area contributed by atoms with Gasteiger partial charge in [-0.05, 0) is 43.7 Å². The first-order chi connectivity index (χ1) is 13.0. The third-order valence-electron chi connectivity index (χ3n) is 4.90. The predicted octanol–water partition coefficient (Wildman–Crippen LogP) is 2.51. The molecule has 6 nitrogen and oxygen atoms in total. The van der Waals surface area contributed by atoms with E-state index in [-0.39, 0.29) is 11.8 Å². The summed E-state index contributed by atoms with van der Waals surface area (Å²) in [5, 5.41) is 6.79. The van der Waals surface area contributed by atoms with Crippen molar-refractivity contribution in [2.75, 3.05) is 25.4 Å². The molecule has 1 aliphatic rings. The summed E-state index contributed by atoms with van der Waals surface area (Å²) in [6.45, 7) is 8.72. The summed E-state index contributed by atoms with van der Waals surface area (Å²) in [6, 6.07) is 8.64. The summed E-state index contributed by atoms with van der Waals surface area (Å²) in [5.41, 5.74) is 2.57. The Hall–Kier alpha value is -1.60. The van der Waals surface area contributed by atoms with Crippen LogP contribution in [0.1, 0.15) is 51.2 Å². The van der Waals surface area contributed by atoms with Gasteiger partial charge in [0.25, 0.3) is 0 Å². The first-order valence-corrected chi connectivity index (χ1v) is 11.7. The van der Waals surface area contributed by atoms with Gasteiger partial charge in [-0.25, -0.2) is 17.7 Å². The molecule has 0 radical (unpaired) electrons. The van der Waals surface area contributed by atoms with Crippen LogP contribution in [0.2, 0.25) is 0 Å². The van der Waals surface area contributed by atoms with E-state index in [1.54, 1.807) is 4.31 Å². The van der Waals surface area contributed by atoms with Crippen LogP contribution in [0.4, 0.5) is 0 Å². The van der Waals surface area contributed by atoms with Crippen molar-refractivity contribution in [3.8, 4) is 0 Å². The normalized spacial score (nSPS) is 17.1. The van der Waals surface area contributed by atoms with E-state index in [1.165, 1.54) is 11.1 Å². The highest BCUT2D eigenvalue weighted by atomic mass is 32.2. The summed E-state index contributed by atoms with van der Waals surface area (Å²) in [7, 11) is -3.09. The second-order valence-corrected chi connectivity index (χ2v) is 9.04. The van der Waals surface area contributed by atoms with Gasteiger partial charge in [-0.1, -0.05) is 38.1 Å². The Kier molecular flexibility index (Phi) is 8.57. The third-order valence-corrected chi connectivity index (χ3v) is 6.98. The Bertz CT molecular complexity index is 710. The zero-order chi connectivity index (χ0) is 19.7. The molecule has 0 bridgehead atoms. The van der Waals surface area contributed by atoms with Gasteiger partial charge in [0.05, 0.1) is 12.3 Å². The molecule has 0 atom stereocenters. The van der Waals surface area contributed by atoms with Gasteiger partial charge in [-0.2, -0.15) is 0 Å². The molecule has 0 unspecified atom stereocenters. The number of rotatable bonds is 8. The molecule has 0 amide bonds. The van der Waals surface area contributed by atoms with Crippen LogP contribution < -0.4 is 10.6 Å². The maximum atomic E-state index is 12.2. The average molecular weight is 395 g/mol. The minimum Gasteiger partial charge on any atom is -0.357 e. The lowest BCUT2D eigenvalue weighted by atomic mass is 10.1. The number of nitrogens with zero attached hydrogens (tertiary/aromatic N) is 2. The molecule has 1 aromatic rings. The summed E-state index contributed by atoms with van der Waals surface area (Å²) in [5.74, 6) is 1.05. The Morgan fingerprint density at radius 3 is 2.41 bits per heavy atom. The van der Waals surface area contributed by atoms with E-state index < -0.39 is 10.0 Å². The van der Waals surface area contributed by atoms with Crippen LogP contribution in [0.15, 0.2) is 29.3 Å². The number of hydrogen-bond acceptors (Lipinski definition) is 3. The van der Waals surface area contributed by atoms with Crippen LogP contribution >= 0.6 is 0 Å². The van der Waals surface area contributed by atoms with Gasteiger partial charge in [0.2, 0.25) is 10.0 Å². The maximum Gasteiger partial charge on any atom is 0.214 e. The second kappa shape index (κ2) is 10.7. The van der Waals surface area contributed by atoms with Crippen LogP contribution in [0.25, 0.3) is 0 Å². The molecule has 2 N–H and O–H groups in total. The molecular formula is C20H34N4O2S. The molecule has 0 spiro atoms. The number of nitrogens with one attached hydrogen (secondary N) is 2. The summed E-state index contributed by atoms with van der Waals surface area (Å²) >= 11 is 0. The molecule has 0 aromatic heterocycles. The standard InChI is InChI=1S/C20H34N4O2S/c1-4-15-27(25,26)24-13-11-19(12-14-24)23-20(21-6-3)22-16-18-10-8-7-9-17(18)5-2/h7-10,19H,4-6,11-16H2,1-3H3,(H2,21,22,23). The molecule has 1 fully saturated rings. The van der Waals surface area contributed by atoms with Crippen LogP contribution in [0, 0.1) is 0 Å². The second-order valence-electron chi connectivity index (χ2n) is 6.95. The Morgan fingerprint density at radius 2 is 1.81 bits per heavy atom. The Balaban J connectivity index is 1.95. The fourth-order valence-electron chi connectivity index (χ4n) is 3.40. The average Bonchev–Trinajstić information content (AvgIpc) is 2.67. The third kappa shape index (κ3) is 6.50. The van der Waals surface area contributed by atoms with Crippen LogP contribution in [0.5, 0.6) is 0 Å². The van der Waals surface area contributed by atoms with Crippen molar-refractivity contribution >= 4 is 16.0 Å². The number of hydrogen-bond donors (Lipinski definition) is 2. The van der Waals surface area contributed by atoms with E-state index in [0.29, 0.717) is 26.1 Å². The topological polar surface area (TPSA) is 73.8 Å². The minimum absolute atomic E-state index is 0.242. The maximum absolute atomic E-state index is 12.2. The lowest BCUT2D eigenvalue weighted by Gasteiger charge is -2.32. The lowest BCUT2D eigenvalue weighted by molar-refractivity contribution is 0.306. The number of piperidine rings is 1. The zero-order valence-corrected chi connectivity index (χ0v) is 17.7. The van der Waals surface area contributed by atoms with Gasteiger partial charge in [-0.15, -0.1) is 0 Å². The number of guanidine groups is 1. The van der Waals surface area contributed by atoms with E-state index in [2.05, 4.69) is 48.7 Å². The molecule has 2 rings (SSSR count). The predicted molar refractivity (Wildman–Crippen MR) is 112 cm³/mol. The van der Waals surface area contributed by atoms with Crippen molar-refractivity contribution < 1.29 is 8.42 Å². The number of benzene rings is 1. The van der Waals surface area contributed by atoms with Crippen LogP contribution in [-0.2, 0) is 23.0 Å². The van der Waals surface area contributed by atoms with E-state index in [1.807, 2.05) is 6.92 Å². The van der Waals surface area contributed by atoms with Crippen molar-refractivity contribution in [3.05, 3.63) is 35.4 Å². The fourth-order valence-corrected chi connectivity index (χ4v) is 4.94. The van der Waals surface area contributed by atoms with Crippen molar-refractivity contribution in [2.24, 2.45) is 4.99 Å². The molecule has 7 heteroatoms. The van der Waals surface area contributed by atoms with Crippen LogP contribution in [-0.4, -0.2) is 50.1 Å². The highest BCUT2D eigenvalue weighted by molar-refractivity contribution is 7.89. The van der Waals surface area contributed by atoms with Gasteiger partial charge in [0.1, 0.15) is 0 Å². The zero-order valence-electron chi connectivity index (χ0n) is 16.9. The molecule has 1 aliphatic heterocycles. The molecule has 0 saturated carbocycles. The van der Waals surface area contributed by atoms with E-state index in [0.717, 1.165) is 31.8 Å². The molecule has 0 aliphatic carbocycles. The van der Waals surface area contributed by atoms with Gasteiger partial charge < -0.3 is 10.6 Å².